The molecule has 0 spiro atoms. The third-order valence-corrected chi connectivity index (χ3v) is 3.82. The fourth-order valence-electron chi connectivity index (χ4n) is 2.45. The molecule has 0 aliphatic heterocycles. The topological polar surface area (TPSA) is 56.8 Å². The standard InChI is InChI=1S/C21H18FNO4/c1-25-18-12-7-14(13-17(18)22)21(24)23-15-8-10-16(11-9-15)27-20-6-4-3-5-19(20)26-2/h3-13H,1-2H3,(H,23,24). The zero-order valence-corrected chi connectivity index (χ0v) is 14.9. The minimum Gasteiger partial charge on any atom is -0.494 e. The summed E-state index contributed by atoms with van der Waals surface area (Å²) in [7, 11) is 2.94. The SMILES string of the molecule is COc1ccc(C(=O)Nc2ccc(Oc3ccccc3OC)cc2)cc1F. The maximum Gasteiger partial charge on any atom is 0.255 e. The third kappa shape index (κ3) is 4.36. The number of anilines is 1. The van der Waals surface area contributed by atoms with Gasteiger partial charge in [-0.05, 0) is 54.6 Å². The molecule has 0 atom stereocenters. The number of hydrogen-bond acceptors (Lipinski definition) is 4. The summed E-state index contributed by atoms with van der Waals surface area (Å²) < 4.78 is 29.6. The summed E-state index contributed by atoms with van der Waals surface area (Å²) in [5.74, 6) is 0.875. The Hall–Kier alpha value is -3.54. The van der Waals surface area contributed by atoms with Crippen LogP contribution < -0.4 is 19.5 Å². The lowest BCUT2D eigenvalue weighted by Gasteiger charge is -2.11. The molecule has 0 heterocycles. The number of carbonyl (C=O) groups is 1. The van der Waals surface area contributed by atoms with Crippen molar-refractivity contribution in [2.24, 2.45) is 0 Å². The van der Waals surface area contributed by atoms with Crippen molar-refractivity contribution in [3.63, 3.8) is 0 Å². The van der Waals surface area contributed by atoms with Crippen LogP contribution in [0.1, 0.15) is 10.4 Å². The Balaban J connectivity index is 1.68. The van der Waals surface area contributed by atoms with Crippen molar-refractivity contribution in [1.29, 1.82) is 0 Å². The van der Waals surface area contributed by atoms with Crippen molar-refractivity contribution in [3.05, 3.63) is 78.1 Å². The summed E-state index contributed by atoms with van der Waals surface area (Å²) in [4.78, 5) is 12.3. The van der Waals surface area contributed by atoms with E-state index in [0.717, 1.165) is 6.07 Å². The molecule has 0 saturated carbocycles. The van der Waals surface area contributed by atoms with Gasteiger partial charge in [0.1, 0.15) is 5.75 Å². The van der Waals surface area contributed by atoms with E-state index in [1.54, 1.807) is 43.5 Å². The summed E-state index contributed by atoms with van der Waals surface area (Å²) in [6.07, 6.45) is 0. The van der Waals surface area contributed by atoms with Crippen LogP contribution >= 0.6 is 0 Å². The zero-order valence-electron chi connectivity index (χ0n) is 14.9. The first-order chi connectivity index (χ1) is 13.1. The Morgan fingerprint density at radius 2 is 1.52 bits per heavy atom. The summed E-state index contributed by atoms with van der Waals surface area (Å²) in [5.41, 5.74) is 0.756. The van der Waals surface area contributed by atoms with E-state index < -0.39 is 11.7 Å². The summed E-state index contributed by atoms with van der Waals surface area (Å²) in [6, 6.07) is 18.2. The molecule has 27 heavy (non-hydrogen) atoms. The lowest BCUT2D eigenvalue weighted by Crippen LogP contribution is -2.12. The van der Waals surface area contributed by atoms with Gasteiger partial charge in [-0.3, -0.25) is 4.79 Å². The molecule has 0 radical (unpaired) electrons. The number of para-hydroxylation sites is 2. The Morgan fingerprint density at radius 3 is 2.15 bits per heavy atom. The maximum atomic E-state index is 13.7. The van der Waals surface area contributed by atoms with Gasteiger partial charge in [0.2, 0.25) is 0 Å². The van der Waals surface area contributed by atoms with E-state index in [1.165, 1.54) is 19.2 Å². The van der Waals surface area contributed by atoms with E-state index in [-0.39, 0.29) is 11.3 Å². The molecule has 0 unspecified atom stereocenters. The van der Waals surface area contributed by atoms with E-state index in [0.29, 0.717) is 22.9 Å². The van der Waals surface area contributed by atoms with Gasteiger partial charge in [-0.15, -0.1) is 0 Å². The van der Waals surface area contributed by atoms with Crippen molar-refractivity contribution < 1.29 is 23.4 Å². The van der Waals surface area contributed by atoms with Crippen molar-refractivity contribution in [3.8, 4) is 23.0 Å². The number of nitrogens with one attached hydrogen (secondary N) is 1. The Labute approximate surface area is 156 Å². The maximum absolute atomic E-state index is 13.7. The van der Waals surface area contributed by atoms with E-state index >= 15 is 0 Å². The molecule has 1 N–H and O–H groups in total. The highest BCUT2D eigenvalue weighted by Gasteiger charge is 2.11. The number of carbonyl (C=O) groups excluding carboxylic acids is 1. The van der Waals surface area contributed by atoms with Gasteiger partial charge in [0, 0.05) is 11.3 Å². The van der Waals surface area contributed by atoms with Crippen molar-refractivity contribution in [2.75, 3.05) is 19.5 Å². The number of benzene rings is 3. The van der Waals surface area contributed by atoms with Gasteiger partial charge in [0.15, 0.2) is 23.1 Å². The number of amides is 1. The molecule has 6 heteroatoms. The average molecular weight is 367 g/mol. The van der Waals surface area contributed by atoms with E-state index in [1.807, 2.05) is 12.1 Å². The van der Waals surface area contributed by atoms with Crippen LogP contribution in [0, 0.1) is 5.82 Å². The van der Waals surface area contributed by atoms with Crippen LogP contribution in [0.2, 0.25) is 0 Å². The molecule has 0 fully saturated rings. The Bertz CT molecular complexity index is 941. The monoisotopic (exact) mass is 367 g/mol. The lowest BCUT2D eigenvalue weighted by molar-refractivity contribution is 0.102. The highest BCUT2D eigenvalue weighted by molar-refractivity contribution is 6.04. The molecule has 0 aliphatic rings. The third-order valence-electron chi connectivity index (χ3n) is 3.82. The second kappa shape index (κ2) is 8.23. The van der Waals surface area contributed by atoms with Gasteiger partial charge >= 0.3 is 0 Å². The molecule has 3 rings (SSSR count). The van der Waals surface area contributed by atoms with Crippen molar-refractivity contribution >= 4 is 11.6 Å². The predicted molar refractivity (Wildman–Crippen MR) is 100 cm³/mol. The van der Waals surface area contributed by atoms with Gasteiger partial charge in [0.05, 0.1) is 14.2 Å². The minimum absolute atomic E-state index is 0.0874. The summed E-state index contributed by atoms with van der Waals surface area (Å²) in [5, 5.41) is 2.71. The molecule has 3 aromatic carbocycles. The molecule has 0 aliphatic carbocycles. The van der Waals surface area contributed by atoms with Crippen LogP contribution in [0.3, 0.4) is 0 Å². The fraction of sp³-hybridized carbons (Fsp3) is 0.0952. The van der Waals surface area contributed by atoms with E-state index in [4.69, 9.17) is 14.2 Å². The smallest absolute Gasteiger partial charge is 0.255 e. The highest BCUT2D eigenvalue weighted by Crippen LogP contribution is 2.31. The molecule has 0 saturated heterocycles. The second-order valence-corrected chi connectivity index (χ2v) is 5.58. The molecule has 0 aromatic heterocycles. The van der Waals surface area contributed by atoms with E-state index in [9.17, 15) is 9.18 Å². The van der Waals surface area contributed by atoms with Crippen LogP contribution in [0.25, 0.3) is 0 Å². The largest absolute Gasteiger partial charge is 0.494 e. The fourth-order valence-corrected chi connectivity index (χ4v) is 2.45. The first kappa shape index (κ1) is 18.3. The molecule has 3 aromatic rings. The quantitative estimate of drug-likeness (QED) is 0.674. The number of ether oxygens (including phenoxy) is 3. The van der Waals surface area contributed by atoms with E-state index in [2.05, 4.69) is 5.32 Å². The minimum atomic E-state index is -0.592. The van der Waals surface area contributed by atoms with Crippen LogP contribution in [0.5, 0.6) is 23.0 Å². The Morgan fingerprint density at radius 1 is 0.852 bits per heavy atom. The molecular formula is C21H18FNO4. The normalized spacial score (nSPS) is 10.2. The average Bonchev–Trinajstić information content (AvgIpc) is 2.69. The van der Waals surface area contributed by atoms with Crippen molar-refractivity contribution in [2.45, 2.75) is 0 Å². The molecule has 1 amide bonds. The van der Waals surface area contributed by atoms with Crippen LogP contribution in [-0.4, -0.2) is 20.1 Å². The van der Waals surface area contributed by atoms with Crippen molar-refractivity contribution in [1.82, 2.24) is 0 Å². The van der Waals surface area contributed by atoms with Gasteiger partial charge < -0.3 is 19.5 Å². The summed E-state index contributed by atoms with van der Waals surface area (Å²) >= 11 is 0. The second-order valence-electron chi connectivity index (χ2n) is 5.58. The lowest BCUT2D eigenvalue weighted by atomic mass is 10.2. The first-order valence-electron chi connectivity index (χ1n) is 8.16. The Kier molecular flexibility index (Phi) is 5.56. The number of hydrogen-bond donors (Lipinski definition) is 1. The summed E-state index contributed by atoms with van der Waals surface area (Å²) in [6.45, 7) is 0. The molecule has 0 bridgehead atoms. The van der Waals surface area contributed by atoms with Gasteiger partial charge in [-0.2, -0.15) is 0 Å². The van der Waals surface area contributed by atoms with Gasteiger partial charge in [0.25, 0.3) is 5.91 Å². The van der Waals surface area contributed by atoms with Gasteiger partial charge in [-0.25, -0.2) is 4.39 Å². The van der Waals surface area contributed by atoms with Crippen LogP contribution in [-0.2, 0) is 0 Å². The number of rotatable bonds is 6. The first-order valence-corrected chi connectivity index (χ1v) is 8.16. The van der Waals surface area contributed by atoms with Crippen LogP contribution in [0.4, 0.5) is 10.1 Å². The number of methoxy groups -OCH3 is 2. The zero-order chi connectivity index (χ0) is 19.2. The molecule has 5 nitrogen and oxygen atoms in total. The molecular weight excluding hydrogens is 349 g/mol. The highest BCUT2D eigenvalue weighted by atomic mass is 19.1. The molecule has 138 valence electrons. The number of halogens is 1. The van der Waals surface area contributed by atoms with Gasteiger partial charge in [-0.1, -0.05) is 12.1 Å². The predicted octanol–water partition coefficient (Wildman–Crippen LogP) is 4.89. The van der Waals surface area contributed by atoms with Crippen LogP contribution in [0.15, 0.2) is 66.7 Å².